The maximum Gasteiger partial charge on any atom is 0.131 e. The maximum atomic E-state index is 10.0. The minimum atomic E-state index is -0.587. The van der Waals surface area contributed by atoms with Crippen LogP contribution in [0.2, 0.25) is 0 Å². The van der Waals surface area contributed by atoms with Crippen LogP contribution in [0.5, 0.6) is 0 Å². The molecule has 0 radical (unpaired) electrons. The largest absolute Gasteiger partial charge is 0.381 e. The summed E-state index contributed by atoms with van der Waals surface area (Å²) in [7, 11) is 0. The van der Waals surface area contributed by atoms with Crippen molar-refractivity contribution in [3.05, 3.63) is 52.0 Å². The van der Waals surface area contributed by atoms with Crippen molar-refractivity contribution in [1.29, 1.82) is 0 Å². The molecule has 15 heavy (non-hydrogen) atoms. The van der Waals surface area contributed by atoms with Gasteiger partial charge in [-0.15, -0.1) is 11.3 Å². The van der Waals surface area contributed by atoms with E-state index >= 15 is 0 Å². The first-order valence-electron chi connectivity index (χ1n) is 4.97. The van der Waals surface area contributed by atoms with Gasteiger partial charge in [-0.05, 0) is 17.5 Å². The zero-order chi connectivity index (χ0) is 10.7. The van der Waals surface area contributed by atoms with Crippen molar-refractivity contribution in [2.45, 2.75) is 19.4 Å². The van der Waals surface area contributed by atoms with E-state index < -0.39 is 6.10 Å². The Bertz CT molecular complexity index is 425. The molecule has 0 aliphatic rings. The molecule has 0 bridgehead atoms. The molecule has 3 heteroatoms. The van der Waals surface area contributed by atoms with Gasteiger partial charge in [0.1, 0.15) is 11.1 Å². The number of aliphatic hydroxyl groups excluding tert-OH is 1. The van der Waals surface area contributed by atoms with Crippen molar-refractivity contribution < 1.29 is 5.11 Å². The number of hydrogen-bond donors (Lipinski definition) is 1. The number of nitrogens with zero attached hydrogens (tertiary/aromatic N) is 1. The van der Waals surface area contributed by atoms with E-state index in [0.717, 1.165) is 17.0 Å². The molecule has 2 aromatic rings. The Morgan fingerprint density at radius 2 is 2.33 bits per heavy atom. The normalized spacial score (nSPS) is 12.7. The van der Waals surface area contributed by atoms with Crippen LogP contribution in [-0.2, 0) is 6.42 Å². The van der Waals surface area contributed by atoms with E-state index in [1.54, 1.807) is 6.20 Å². The van der Waals surface area contributed by atoms with Crippen molar-refractivity contribution >= 4 is 11.3 Å². The Morgan fingerprint density at radius 3 is 3.00 bits per heavy atom. The van der Waals surface area contributed by atoms with E-state index in [1.807, 2.05) is 23.6 Å². The molecular weight excluding hydrogens is 206 g/mol. The van der Waals surface area contributed by atoms with E-state index in [9.17, 15) is 5.11 Å². The van der Waals surface area contributed by atoms with E-state index in [0.29, 0.717) is 0 Å². The van der Waals surface area contributed by atoms with E-state index in [1.165, 1.54) is 16.9 Å². The van der Waals surface area contributed by atoms with Gasteiger partial charge in [0.15, 0.2) is 0 Å². The van der Waals surface area contributed by atoms with Crippen LogP contribution in [0, 0.1) is 0 Å². The number of hydrogen-bond acceptors (Lipinski definition) is 3. The molecule has 1 N–H and O–H groups in total. The SMILES string of the molecule is CCc1cccc(C(O)c2nccs2)c1. The summed E-state index contributed by atoms with van der Waals surface area (Å²) in [4.78, 5) is 4.12. The van der Waals surface area contributed by atoms with Gasteiger partial charge in [-0.2, -0.15) is 0 Å². The van der Waals surface area contributed by atoms with Crippen molar-refractivity contribution in [2.24, 2.45) is 0 Å². The predicted molar refractivity (Wildman–Crippen MR) is 62.0 cm³/mol. The highest BCUT2D eigenvalue weighted by atomic mass is 32.1. The van der Waals surface area contributed by atoms with Crippen LogP contribution < -0.4 is 0 Å². The molecule has 0 aliphatic carbocycles. The zero-order valence-corrected chi connectivity index (χ0v) is 9.37. The molecule has 0 saturated heterocycles. The topological polar surface area (TPSA) is 33.1 Å². The third kappa shape index (κ3) is 2.25. The fourth-order valence-electron chi connectivity index (χ4n) is 1.50. The standard InChI is InChI=1S/C12H13NOS/c1-2-9-4-3-5-10(8-9)11(14)12-13-6-7-15-12/h3-8,11,14H,2H2,1H3. The Labute approximate surface area is 93.2 Å². The van der Waals surface area contributed by atoms with Gasteiger partial charge in [0.2, 0.25) is 0 Å². The molecule has 0 saturated carbocycles. The number of thiazole rings is 1. The molecule has 0 aliphatic heterocycles. The van der Waals surface area contributed by atoms with Gasteiger partial charge in [-0.3, -0.25) is 0 Å². The van der Waals surface area contributed by atoms with Crippen molar-refractivity contribution in [3.8, 4) is 0 Å². The second-order valence-corrected chi connectivity index (χ2v) is 4.30. The molecule has 2 nitrogen and oxygen atoms in total. The molecule has 2 rings (SSSR count). The monoisotopic (exact) mass is 219 g/mol. The molecule has 0 amide bonds. The first kappa shape index (κ1) is 10.3. The Morgan fingerprint density at radius 1 is 1.47 bits per heavy atom. The first-order chi connectivity index (χ1) is 7.31. The van der Waals surface area contributed by atoms with Gasteiger partial charge in [-0.25, -0.2) is 4.98 Å². The van der Waals surface area contributed by atoms with Crippen LogP contribution >= 0.6 is 11.3 Å². The lowest BCUT2D eigenvalue weighted by molar-refractivity contribution is 0.219. The highest BCUT2D eigenvalue weighted by molar-refractivity contribution is 7.09. The molecule has 1 aromatic heterocycles. The van der Waals surface area contributed by atoms with Gasteiger partial charge in [-0.1, -0.05) is 31.2 Å². The Kier molecular flexibility index (Phi) is 3.14. The van der Waals surface area contributed by atoms with Gasteiger partial charge in [0, 0.05) is 11.6 Å². The minimum Gasteiger partial charge on any atom is -0.381 e. The Balaban J connectivity index is 2.29. The van der Waals surface area contributed by atoms with Crippen molar-refractivity contribution in [3.63, 3.8) is 0 Å². The van der Waals surface area contributed by atoms with E-state index in [-0.39, 0.29) is 0 Å². The maximum absolute atomic E-state index is 10.0. The van der Waals surface area contributed by atoms with Crippen molar-refractivity contribution in [2.75, 3.05) is 0 Å². The number of rotatable bonds is 3. The first-order valence-corrected chi connectivity index (χ1v) is 5.85. The van der Waals surface area contributed by atoms with Gasteiger partial charge < -0.3 is 5.11 Å². The van der Waals surface area contributed by atoms with Gasteiger partial charge in [0.25, 0.3) is 0 Å². The lowest BCUT2D eigenvalue weighted by Gasteiger charge is -2.08. The van der Waals surface area contributed by atoms with E-state index in [2.05, 4.69) is 18.0 Å². The van der Waals surface area contributed by atoms with Crippen LogP contribution in [0.4, 0.5) is 0 Å². The number of aryl methyl sites for hydroxylation is 1. The van der Waals surface area contributed by atoms with Crippen LogP contribution in [0.1, 0.15) is 29.2 Å². The number of aromatic nitrogens is 1. The third-order valence-corrected chi connectivity index (χ3v) is 3.19. The second-order valence-electron chi connectivity index (χ2n) is 3.37. The second kappa shape index (κ2) is 4.55. The van der Waals surface area contributed by atoms with Gasteiger partial charge >= 0.3 is 0 Å². The fraction of sp³-hybridized carbons (Fsp3) is 0.250. The molecule has 1 heterocycles. The highest BCUT2D eigenvalue weighted by Crippen LogP contribution is 2.24. The molecule has 1 atom stereocenters. The molecule has 78 valence electrons. The molecule has 1 unspecified atom stereocenters. The smallest absolute Gasteiger partial charge is 0.131 e. The summed E-state index contributed by atoms with van der Waals surface area (Å²) in [5.74, 6) is 0. The number of aliphatic hydroxyl groups is 1. The summed E-state index contributed by atoms with van der Waals surface area (Å²) in [5, 5.41) is 12.7. The lowest BCUT2D eigenvalue weighted by atomic mass is 10.1. The molecular formula is C12H13NOS. The average molecular weight is 219 g/mol. The summed E-state index contributed by atoms with van der Waals surface area (Å²) in [5.41, 5.74) is 2.16. The average Bonchev–Trinajstić information content (AvgIpc) is 2.81. The van der Waals surface area contributed by atoms with Crippen molar-refractivity contribution in [1.82, 2.24) is 4.98 Å². The molecule has 0 spiro atoms. The fourth-order valence-corrected chi connectivity index (χ4v) is 2.14. The third-order valence-electron chi connectivity index (χ3n) is 2.36. The predicted octanol–water partition coefficient (Wildman–Crippen LogP) is 2.79. The van der Waals surface area contributed by atoms with E-state index in [4.69, 9.17) is 0 Å². The summed E-state index contributed by atoms with van der Waals surface area (Å²) in [6, 6.07) is 8.01. The van der Waals surface area contributed by atoms with Crippen LogP contribution in [0.15, 0.2) is 35.8 Å². The summed E-state index contributed by atoms with van der Waals surface area (Å²) in [6.45, 7) is 2.11. The summed E-state index contributed by atoms with van der Waals surface area (Å²) >= 11 is 1.48. The number of benzene rings is 1. The molecule has 0 fully saturated rings. The minimum absolute atomic E-state index is 0.587. The van der Waals surface area contributed by atoms with Crippen LogP contribution in [0.3, 0.4) is 0 Å². The molecule has 1 aromatic carbocycles. The quantitative estimate of drug-likeness (QED) is 0.861. The zero-order valence-electron chi connectivity index (χ0n) is 8.55. The highest BCUT2D eigenvalue weighted by Gasteiger charge is 2.12. The lowest BCUT2D eigenvalue weighted by Crippen LogP contribution is -1.99. The Hall–Kier alpha value is -1.19. The van der Waals surface area contributed by atoms with Crippen LogP contribution in [0.25, 0.3) is 0 Å². The summed E-state index contributed by atoms with van der Waals surface area (Å²) < 4.78 is 0. The van der Waals surface area contributed by atoms with Gasteiger partial charge in [0.05, 0.1) is 0 Å². The summed E-state index contributed by atoms with van der Waals surface area (Å²) in [6.07, 6.45) is 2.11. The van der Waals surface area contributed by atoms with Crippen LogP contribution in [-0.4, -0.2) is 10.1 Å².